The molecular formula is C28H34ClFN6O6S. The second-order valence-corrected chi connectivity index (χ2v) is 12.4. The van der Waals surface area contributed by atoms with Gasteiger partial charge in [-0.1, -0.05) is 23.7 Å². The van der Waals surface area contributed by atoms with E-state index in [1.165, 1.54) is 18.5 Å². The fraction of sp³-hybridized carbons (Fsp3) is 0.393. The van der Waals surface area contributed by atoms with E-state index in [2.05, 4.69) is 10.4 Å². The maximum atomic E-state index is 14.7. The monoisotopic (exact) mass is 636 g/mol. The molecule has 2 heterocycles. The number of ether oxygens (including phenoxy) is 2. The molecule has 232 valence electrons. The number of aromatic nitrogens is 2. The summed E-state index contributed by atoms with van der Waals surface area (Å²) in [5.74, 6) is -2.02. The second-order valence-electron chi connectivity index (χ2n) is 10.2. The number of amides is 3. The number of carbonyl (C=O) groups is 2. The van der Waals surface area contributed by atoms with Gasteiger partial charge >= 0.3 is 6.03 Å². The minimum Gasteiger partial charge on any atom is -0.497 e. The van der Waals surface area contributed by atoms with Crippen molar-refractivity contribution in [1.82, 2.24) is 29.6 Å². The summed E-state index contributed by atoms with van der Waals surface area (Å²) in [5.41, 5.74) is 3.38. The normalized spacial score (nSPS) is 15.0. The molecule has 1 aliphatic rings. The number of benzene rings is 2. The van der Waals surface area contributed by atoms with E-state index in [9.17, 15) is 22.4 Å². The van der Waals surface area contributed by atoms with E-state index in [1.54, 1.807) is 41.8 Å². The van der Waals surface area contributed by atoms with Crippen LogP contribution >= 0.6 is 11.6 Å². The number of hydrazine groups is 1. The van der Waals surface area contributed by atoms with Crippen LogP contribution in [0, 0.1) is 11.7 Å². The van der Waals surface area contributed by atoms with Gasteiger partial charge in [-0.3, -0.25) is 10.2 Å². The third-order valence-corrected chi connectivity index (χ3v) is 8.57. The molecule has 0 saturated carbocycles. The summed E-state index contributed by atoms with van der Waals surface area (Å²) in [6.45, 7) is 1.64. The molecule has 43 heavy (non-hydrogen) atoms. The number of imidazole rings is 1. The van der Waals surface area contributed by atoms with Crippen molar-refractivity contribution in [3.63, 3.8) is 0 Å². The van der Waals surface area contributed by atoms with Gasteiger partial charge in [0.05, 0.1) is 42.1 Å². The largest absolute Gasteiger partial charge is 0.497 e. The topological polar surface area (TPSA) is 135 Å². The molecule has 3 amide bonds. The summed E-state index contributed by atoms with van der Waals surface area (Å²) in [4.78, 5) is 35.6. The minimum atomic E-state index is -4.03. The van der Waals surface area contributed by atoms with E-state index < -0.39 is 27.3 Å². The van der Waals surface area contributed by atoms with Crippen LogP contribution in [0.3, 0.4) is 0 Å². The molecular weight excluding hydrogens is 603 g/mol. The Morgan fingerprint density at radius 1 is 1.21 bits per heavy atom. The van der Waals surface area contributed by atoms with Gasteiger partial charge < -0.3 is 23.8 Å². The van der Waals surface area contributed by atoms with Gasteiger partial charge in [0.2, 0.25) is 10.0 Å². The SMILES string of the molecule is COCCN(Cc1ccc(OC)cc1)C(=O)N1CCC(CS(=O)(=O)NNC(=O)c2cc(-c3cn(C)cn3)cc(Cl)c2F)C1. The van der Waals surface area contributed by atoms with Crippen LogP contribution in [0.5, 0.6) is 5.75 Å². The highest BCUT2D eigenvalue weighted by molar-refractivity contribution is 7.89. The number of nitrogens with one attached hydrogen (secondary N) is 2. The van der Waals surface area contributed by atoms with Crippen molar-refractivity contribution in [2.75, 3.05) is 46.2 Å². The molecule has 2 N–H and O–H groups in total. The average Bonchev–Trinajstić information content (AvgIpc) is 3.64. The van der Waals surface area contributed by atoms with E-state index in [-0.39, 0.29) is 29.3 Å². The zero-order chi connectivity index (χ0) is 31.1. The number of carbonyl (C=O) groups excluding carboxylic acids is 2. The summed E-state index contributed by atoms with van der Waals surface area (Å²) in [5, 5.41) is -0.307. The molecule has 1 aromatic heterocycles. The molecule has 0 aliphatic carbocycles. The van der Waals surface area contributed by atoms with Crippen molar-refractivity contribution in [1.29, 1.82) is 0 Å². The summed E-state index contributed by atoms with van der Waals surface area (Å²) in [6, 6.07) is 9.73. The number of urea groups is 1. The average molecular weight is 637 g/mol. The van der Waals surface area contributed by atoms with Gasteiger partial charge in [-0.05, 0) is 42.2 Å². The number of halogens is 2. The lowest BCUT2D eigenvalue weighted by Gasteiger charge is -2.28. The smallest absolute Gasteiger partial charge is 0.320 e. The van der Waals surface area contributed by atoms with Gasteiger partial charge in [0, 0.05) is 52.1 Å². The van der Waals surface area contributed by atoms with E-state index in [1.807, 2.05) is 29.1 Å². The maximum Gasteiger partial charge on any atom is 0.320 e. The minimum absolute atomic E-state index is 0.218. The highest BCUT2D eigenvalue weighted by Crippen LogP contribution is 2.27. The van der Waals surface area contributed by atoms with Gasteiger partial charge in [0.1, 0.15) is 5.75 Å². The van der Waals surface area contributed by atoms with Crippen molar-refractivity contribution in [2.24, 2.45) is 13.0 Å². The Labute approximate surface area is 254 Å². The second kappa shape index (κ2) is 14.2. The number of hydrogen-bond donors (Lipinski definition) is 2. The molecule has 1 unspecified atom stereocenters. The van der Waals surface area contributed by atoms with Crippen LogP contribution in [-0.4, -0.2) is 85.9 Å². The third-order valence-electron chi connectivity index (χ3n) is 6.97. The van der Waals surface area contributed by atoms with E-state index in [4.69, 9.17) is 21.1 Å². The number of likely N-dealkylation sites (tertiary alicyclic amines) is 1. The molecule has 4 rings (SSSR count). The lowest BCUT2D eigenvalue weighted by molar-refractivity contribution is 0.0941. The van der Waals surface area contributed by atoms with Gasteiger partial charge in [-0.25, -0.2) is 22.6 Å². The van der Waals surface area contributed by atoms with Gasteiger partial charge in [0.15, 0.2) is 5.82 Å². The maximum absolute atomic E-state index is 14.7. The molecule has 1 fully saturated rings. The number of nitrogens with zero attached hydrogens (tertiary/aromatic N) is 4. The number of aryl methyl sites for hydroxylation is 1. The van der Waals surface area contributed by atoms with Gasteiger partial charge in [-0.15, -0.1) is 4.83 Å². The van der Waals surface area contributed by atoms with Crippen LogP contribution in [-0.2, 0) is 28.4 Å². The summed E-state index contributed by atoms with van der Waals surface area (Å²) >= 11 is 5.99. The lowest BCUT2D eigenvalue weighted by Crippen LogP contribution is -2.45. The van der Waals surface area contributed by atoms with Crippen LogP contribution in [0.4, 0.5) is 9.18 Å². The predicted octanol–water partition coefficient (Wildman–Crippen LogP) is 3.04. The fourth-order valence-electron chi connectivity index (χ4n) is 4.75. The van der Waals surface area contributed by atoms with Gasteiger partial charge in [0.25, 0.3) is 5.91 Å². The molecule has 3 aromatic rings. The summed E-state index contributed by atoms with van der Waals surface area (Å²) in [7, 11) is 0.861. The van der Waals surface area contributed by atoms with E-state index in [0.717, 1.165) is 5.56 Å². The van der Waals surface area contributed by atoms with Crippen LogP contribution in [0.2, 0.25) is 5.02 Å². The highest BCUT2D eigenvalue weighted by atomic mass is 35.5. The Hall–Kier alpha value is -3.72. The van der Waals surface area contributed by atoms with Crippen LogP contribution in [0.15, 0.2) is 48.9 Å². The highest BCUT2D eigenvalue weighted by Gasteiger charge is 2.32. The quantitative estimate of drug-likeness (QED) is 0.292. The fourth-order valence-corrected chi connectivity index (χ4v) is 6.19. The van der Waals surface area contributed by atoms with Crippen LogP contribution in [0.25, 0.3) is 11.3 Å². The van der Waals surface area contributed by atoms with Crippen molar-refractivity contribution in [2.45, 2.75) is 13.0 Å². The lowest BCUT2D eigenvalue weighted by atomic mass is 10.1. The molecule has 1 saturated heterocycles. The van der Waals surface area contributed by atoms with Crippen molar-refractivity contribution >= 4 is 33.6 Å². The van der Waals surface area contributed by atoms with Crippen LogP contribution < -0.4 is 15.0 Å². The first-order chi connectivity index (χ1) is 20.5. The Morgan fingerprint density at radius 3 is 2.60 bits per heavy atom. The van der Waals surface area contributed by atoms with E-state index in [0.29, 0.717) is 49.7 Å². The first-order valence-electron chi connectivity index (χ1n) is 13.4. The number of rotatable bonds is 12. The van der Waals surface area contributed by atoms with Crippen molar-refractivity contribution < 1.29 is 31.9 Å². The zero-order valence-corrected chi connectivity index (χ0v) is 25.6. The third kappa shape index (κ3) is 8.44. The van der Waals surface area contributed by atoms with Crippen molar-refractivity contribution in [3.05, 3.63) is 70.9 Å². The number of methoxy groups -OCH3 is 2. The Kier molecular flexibility index (Phi) is 10.6. The van der Waals surface area contributed by atoms with E-state index >= 15 is 0 Å². The Balaban J connectivity index is 1.34. The summed E-state index contributed by atoms with van der Waals surface area (Å²) in [6.07, 6.45) is 3.66. The molecule has 0 radical (unpaired) electrons. The Bertz CT molecular complexity index is 1550. The number of sulfonamides is 1. The summed E-state index contributed by atoms with van der Waals surface area (Å²) < 4.78 is 52.4. The molecule has 12 nitrogen and oxygen atoms in total. The molecule has 0 bridgehead atoms. The predicted molar refractivity (Wildman–Crippen MR) is 158 cm³/mol. The molecule has 1 aliphatic heterocycles. The molecule has 2 aromatic carbocycles. The van der Waals surface area contributed by atoms with Crippen molar-refractivity contribution in [3.8, 4) is 17.0 Å². The first-order valence-corrected chi connectivity index (χ1v) is 15.5. The number of hydrogen-bond acceptors (Lipinski definition) is 7. The molecule has 0 spiro atoms. The first kappa shape index (κ1) is 32.2. The standard InChI is InChI=1S/C28H34ClFN6O6S/c1-34-16-25(31-18-34)21-12-23(26(30)24(29)13-21)27(37)32-33-43(39,40)17-20-8-9-35(15-20)28(38)36(10-11-41-2)14-19-4-6-22(42-3)7-5-19/h4-7,12-13,16,18,20,33H,8-11,14-15,17H2,1-3H3,(H,32,37). The zero-order valence-electron chi connectivity index (χ0n) is 24.0. The molecule has 15 heteroatoms. The van der Waals surface area contributed by atoms with Crippen LogP contribution in [0.1, 0.15) is 22.3 Å². The Morgan fingerprint density at radius 2 is 1.95 bits per heavy atom. The van der Waals surface area contributed by atoms with Gasteiger partial charge in [-0.2, -0.15) is 0 Å². The molecule has 1 atom stereocenters.